The number of ether oxygens (including phenoxy) is 1. The van der Waals surface area contributed by atoms with Crippen molar-refractivity contribution in [1.29, 1.82) is 0 Å². The van der Waals surface area contributed by atoms with Crippen LogP contribution in [0.25, 0.3) is 11.4 Å². The Hall–Kier alpha value is -4.78. The lowest BCUT2D eigenvalue weighted by Gasteiger charge is -2.26. The van der Waals surface area contributed by atoms with Crippen molar-refractivity contribution in [1.82, 2.24) is 25.2 Å². The number of amides is 1. The van der Waals surface area contributed by atoms with Gasteiger partial charge in [0.1, 0.15) is 11.6 Å². The maximum atomic E-state index is 13.3. The van der Waals surface area contributed by atoms with Crippen LogP contribution in [0.3, 0.4) is 0 Å². The predicted octanol–water partition coefficient (Wildman–Crippen LogP) is 6.19. The van der Waals surface area contributed by atoms with E-state index in [2.05, 4.69) is 35.8 Å². The van der Waals surface area contributed by atoms with Crippen LogP contribution in [-0.2, 0) is 6.54 Å². The van der Waals surface area contributed by atoms with Crippen LogP contribution in [0.4, 0.5) is 35.1 Å². The number of halogens is 4. The zero-order valence-electron chi connectivity index (χ0n) is 24.4. The van der Waals surface area contributed by atoms with Crippen molar-refractivity contribution in [2.45, 2.75) is 32.0 Å². The summed E-state index contributed by atoms with van der Waals surface area (Å²) in [6.45, 7) is 2.37. The smallest absolute Gasteiger partial charge is 0.422 e. The second kappa shape index (κ2) is 14.8. The molecule has 45 heavy (non-hydrogen) atoms. The summed E-state index contributed by atoms with van der Waals surface area (Å²) in [5.41, 5.74) is 2.29. The maximum Gasteiger partial charge on any atom is 0.422 e. The van der Waals surface area contributed by atoms with Crippen molar-refractivity contribution < 1.29 is 27.1 Å². The van der Waals surface area contributed by atoms with Gasteiger partial charge < -0.3 is 25.6 Å². The summed E-state index contributed by atoms with van der Waals surface area (Å²) in [7, 11) is 0. The summed E-state index contributed by atoms with van der Waals surface area (Å²) in [5, 5.41) is 9.07. The third-order valence-electron chi connectivity index (χ3n) is 7.06. The van der Waals surface area contributed by atoms with E-state index in [-0.39, 0.29) is 35.2 Å². The maximum absolute atomic E-state index is 13.3. The topological polar surface area (TPSA) is 104 Å². The molecule has 3 N–H and O–H groups in total. The number of alkyl halides is 3. The van der Waals surface area contributed by atoms with E-state index in [0.29, 0.717) is 29.9 Å². The molecule has 3 aromatic carbocycles. The Bertz CT molecular complexity index is 1560. The monoisotopic (exact) mass is 623 g/mol. The Kier molecular flexibility index (Phi) is 10.4. The van der Waals surface area contributed by atoms with Crippen LogP contribution in [-0.4, -0.2) is 64.7 Å². The molecule has 0 aliphatic carbocycles. The fourth-order valence-corrected chi connectivity index (χ4v) is 4.76. The molecule has 9 nitrogen and oxygen atoms in total. The largest absolute Gasteiger partial charge is 0.484 e. The van der Waals surface area contributed by atoms with E-state index >= 15 is 0 Å². The van der Waals surface area contributed by atoms with Crippen LogP contribution >= 0.6 is 0 Å². The molecule has 0 spiro atoms. The lowest BCUT2D eigenvalue weighted by atomic mass is 10.1. The number of benzene rings is 3. The fourth-order valence-electron chi connectivity index (χ4n) is 4.76. The van der Waals surface area contributed by atoms with E-state index < -0.39 is 12.8 Å². The molecule has 0 bridgehead atoms. The number of anilines is 3. The van der Waals surface area contributed by atoms with Gasteiger partial charge in [-0.15, -0.1) is 0 Å². The minimum Gasteiger partial charge on any atom is -0.484 e. The van der Waals surface area contributed by atoms with E-state index in [0.717, 1.165) is 25.2 Å². The number of likely N-dealkylation sites (tertiary alicyclic amines) is 1. The molecule has 1 aromatic heterocycles. The highest BCUT2D eigenvalue weighted by atomic mass is 19.4. The van der Waals surface area contributed by atoms with Gasteiger partial charge in [0, 0.05) is 42.5 Å². The fraction of sp³-hybridized carbons (Fsp3) is 0.312. The Morgan fingerprint density at radius 3 is 2.36 bits per heavy atom. The molecule has 5 rings (SSSR count). The van der Waals surface area contributed by atoms with Crippen LogP contribution in [0, 0.1) is 5.82 Å². The van der Waals surface area contributed by atoms with Gasteiger partial charge in [-0.2, -0.15) is 28.1 Å². The Balaban J connectivity index is 1.31. The number of nitrogens with zero attached hydrogens (tertiary/aromatic N) is 4. The minimum atomic E-state index is -4.47. The van der Waals surface area contributed by atoms with Crippen LogP contribution in [0.5, 0.6) is 5.75 Å². The van der Waals surface area contributed by atoms with E-state index in [1.54, 1.807) is 48.5 Å². The number of hydrogen-bond acceptors (Lipinski definition) is 8. The summed E-state index contributed by atoms with van der Waals surface area (Å²) in [6, 6.07) is 18.8. The van der Waals surface area contributed by atoms with Gasteiger partial charge in [0.2, 0.25) is 11.9 Å². The number of carbonyl (C=O) groups is 1. The molecule has 4 aromatic rings. The average molecular weight is 624 g/mol. The first-order valence-electron chi connectivity index (χ1n) is 14.6. The van der Waals surface area contributed by atoms with E-state index in [4.69, 9.17) is 4.74 Å². The molecule has 1 saturated heterocycles. The molecule has 236 valence electrons. The third-order valence-corrected chi connectivity index (χ3v) is 7.06. The second-order valence-corrected chi connectivity index (χ2v) is 10.6. The van der Waals surface area contributed by atoms with Gasteiger partial charge in [0.05, 0.1) is 0 Å². The highest BCUT2D eigenvalue weighted by Gasteiger charge is 2.28. The number of carbonyl (C=O) groups excluding carboxylic acids is 1. The first kappa shape index (κ1) is 31.6. The van der Waals surface area contributed by atoms with Gasteiger partial charge in [-0.3, -0.25) is 4.79 Å². The zero-order chi connectivity index (χ0) is 31.6. The average Bonchev–Trinajstić information content (AvgIpc) is 3.04. The third kappa shape index (κ3) is 9.86. The normalized spacial score (nSPS) is 13.7. The number of aromatic nitrogens is 3. The summed E-state index contributed by atoms with van der Waals surface area (Å²) >= 11 is 0. The van der Waals surface area contributed by atoms with Crippen molar-refractivity contribution in [3.63, 3.8) is 0 Å². The second-order valence-electron chi connectivity index (χ2n) is 10.6. The van der Waals surface area contributed by atoms with Gasteiger partial charge >= 0.3 is 6.18 Å². The van der Waals surface area contributed by atoms with Gasteiger partial charge in [-0.05, 0) is 67.9 Å². The molecule has 1 aliphatic rings. The molecular formula is C32H33F4N7O2. The Morgan fingerprint density at radius 2 is 1.62 bits per heavy atom. The van der Waals surface area contributed by atoms with Crippen LogP contribution < -0.4 is 20.7 Å². The quantitative estimate of drug-likeness (QED) is 0.161. The number of hydrogen-bond donors (Lipinski definition) is 3. The SMILES string of the molecule is O=C(NCCN1CCCCC1)c1ccc(-c2nc(NCc3ccc(F)cc3)nc(Nc3cccc(OCC(F)(F)F)c3)n2)cc1. The van der Waals surface area contributed by atoms with Crippen LogP contribution in [0.2, 0.25) is 0 Å². The summed E-state index contributed by atoms with van der Waals surface area (Å²) < 4.78 is 56.1. The predicted molar refractivity (Wildman–Crippen MR) is 163 cm³/mol. The Labute approximate surface area is 258 Å². The van der Waals surface area contributed by atoms with Gasteiger partial charge in [-0.1, -0.05) is 36.8 Å². The minimum absolute atomic E-state index is 0.0195. The molecule has 0 atom stereocenters. The van der Waals surface area contributed by atoms with Gasteiger partial charge in [-0.25, -0.2) is 4.39 Å². The Morgan fingerprint density at radius 1 is 0.889 bits per heavy atom. The van der Waals surface area contributed by atoms with Crippen molar-refractivity contribution in [3.05, 3.63) is 89.7 Å². The zero-order valence-corrected chi connectivity index (χ0v) is 24.4. The number of nitrogens with one attached hydrogen (secondary N) is 3. The molecule has 0 saturated carbocycles. The molecule has 1 aliphatic heterocycles. The van der Waals surface area contributed by atoms with Crippen LogP contribution in [0.15, 0.2) is 72.8 Å². The van der Waals surface area contributed by atoms with Crippen LogP contribution in [0.1, 0.15) is 35.2 Å². The van der Waals surface area contributed by atoms with Gasteiger partial charge in [0.15, 0.2) is 12.4 Å². The summed E-state index contributed by atoms with van der Waals surface area (Å²) in [5.74, 6) is 0.103. The number of piperidine rings is 1. The summed E-state index contributed by atoms with van der Waals surface area (Å²) in [4.78, 5) is 28.5. The van der Waals surface area contributed by atoms with Crippen molar-refractivity contribution in [2.24, 2.45) is 0 Å². The molecule has 2 heterocycles. The number of rotatable bonds is 12. The highest BCUT2D eigenvalue weighted by molar-refractivity contribution is 5.94. The first-order valence-corrected chi connectivity index (χ1v) is 14.6. The first-order chi connectivity index (χ1) is 21.7. The molecule has 1 amide bonds. The standard InChI is InChI=1S/C32H33F4N7O2/c33-25-13-7-22(8-14-25)20-38-30-40-28(41-31(42-30)39-26-5-4-6-27(19-26)45-21-32(34,35)36)23-9-11-24(12-10-23)29(44)37-15-18-43-16-2-1-3-17-43/h4-14,19H,1-3,15-18,20-21H2,(H,37,44)(H2,38,39,40,41,42). The molecule has 13 heteroatoms. The van der Waals surface area contributed by atoms with E-state index in [1.165, 1.54) is 43.5 Å². The van der Waals surface area contributed by atoms with E-state index in [1.807, 2.05) is 0 Å². The lowest BCUT2D eigenvalue weighted by molar-refractivity contribution is -0.153. The summed E-state index contributed by atoms with van der Waals surface area (Å²) in [6.07, 6.45) is -0.833. The highest BCUT2D eigenvalue weighted by Crippen LogP contribution is 2.25. The molecule has 0 radical (unpaired) electrons. The molecule has 0 unspecified atom stereocenters. The molecular weight excluding hydrogens is 590 g/mol. The van der Waals surface area contributed by atoms with E-state index in [9.17, 15) is 22.4 Å². The van der Waals surface area contributed by atoms with Crippen molar-refractivity contribution in [2.75, 3.05) is 43.4 Å². The van der Waals surface area contributed by atoms with Gasteiger partial charge in [0.25, 0.3) is 5.91 Å². The lowest BCUT2D eigenvalue weighted by Crippen LogP contribution is -2.37. The molecule has 1 fully saturated rings. The van der Waals surface area contributed by atoms with Crippen molar-refractivity contribution in [3.8, 4) is 17.1 Å². The van der Waals surface area contributed by atoms with Crippen molar-refractivity contribution >= 4 is 23.5 Å².